The fourth-order valence-electron chi connectivity index (χ4n) is 3.04. The molecule has 0 saturated carbocycles. The predicted octanol–water partition coefficient (Wildman–Crippen LogP) is 2.84. The first-order chi connectivity index (χ1) is 10.6. The van der Waals surface area contributed by atoms with Gasteiger partial charge in [0.25, 0.3) is 0 Å². The molecule has 1 N–H and O–H groups in total. The molecule has 22 heavy (non-hydrogen) atoms. The summed E-state index contributed by atoms with van der Waals surface area (Å²) in [5, 5.41) is 3.35. The molecule has 1 fully saturated rings. The highest BCUT2D eigenvalue weighted by atomic mass is 19.1. The average Bonchev–Trinajstić information content (AvgIpc) is 2.53. The van der Waals surface area contributed by atoms with E-state index in [2.05, 4.69) is 24.1 Å². The molecule has 1 aliphatic heterocycles. The van der Waals surface area contributed by atoms with E-state index in [9.17, 15) is 4.39 Å². The van der Waals surface area contributed by atoms with Crippen molar-refractivity contribution in [3.8, 4) is 11.5 Å². The van der Waals surface area contributed by atoms with Gasteiger partial charge in [-0.1, -0.05) is 13.8 Å². The van der Waals surface area contributed by atoms with Crippen molar-refractivity contribution in [3.63, 3.8) is 0 Å². The summed E-state index contributed by atoms with van der Waals surface area (Å²) in [5.74, 6) is 1.30. The second kappa shape index (κ2) is 7.79. The Morgan fingerprint density at radius 1 is 1.14 bits per heavy atom. The van der Waals surface area contributed by atoms with Crippen LogP contribution in [0.25, 0.3) is 0 Å². The molecular formula is C17H27FN2O2. The molecule has 2 rings (SSSR count). The van der Waals surface area contributed by atoms with E-state index in [4.69, 9.17) is 9.47 Å². The van der Waals surface area contributed by atoms with Crippen LogP contribution in [-0.4, -0.2) is 45.3 Å². The fraction of sp³-hybridized carbons (Fsp3) is 0.647. The van der Waals surface area contributed by atoms with Crippen LogP contribution in [0.3, 0.4) is 0 Å². The minimum Gasteiger partial charge on any atom is -0.493 e. The summed E-state index contributed by atoms with van der Waals surface area (Å²) in [5.41, 5.74) is 0.702. The highest BCUT2D eigenvalue weighted by Crippen LogP contribution is 2.36. The molecule has 1 aromatic carbocycles. The number of ether oxygens (including phenoxy) is 2. The lowest BCUT2D eigenvalue weighted by Gasteiger charge is -2.36. The zero-order valence-corrected chi connectivity index (χ0v) is 14.0. The van der Waals surface area contributed by atoms with E-state index in [1.165, 1.54) is 13.2 Å². The van der Waals surface area contributed by atoms with Crippen LogP contribution in [0.5, 0.6) is 11.5 Å². The van der Waals surface area contributed by atoms with Crippen molar-refractivity contribution < 1.29 is 13.9 Å². The third-order valence-corrected chi connectivity index (χ3v) is 4.15. The van der Waals surface area contributed by atoms with Crippen LogP contribution in [0.15, 0.2) is 12.1 Å². The Hall–Kier alpha value is -1.33. The molecule has 0 bridgehead atoms. The van der Waals surface area contributed by atoms with Gasteiger partial charge in [0.15, 0.2) is 11.5 Å². The Morgan fingerprint density at radius 2 is 1.73 bits per heavy atom. The summed E-state index contributed by atoms with van der Waals surface area (Å²) in [6.07, 6.45) is 0.923. The van der Waals surface area contributed by atoms with E-state index in [1.54, 1.807) is 13.2 Å². The third-order valence-electron chi connectivity index (χ3n) is 4.15. The van der Waals surface area contributed by atoms with Gasteiger partial charge >= 0.3 is 0 Å². The summed E-state index contributed by atoms with van der Waals surface area (Å²) in [4.78, 5) is 2.36. The number of hydrogen-bond donors (Lipinski definition) is 1. The molecule has 0 amide bonds. The van der Waals surface area contributed by atoms with Crippen LogP contribution in [-0.2, 0) is 0 Å². The maximum Gasteiger partial charge on any atom is 0.163 e. The van der Waals surface area contributed by atoms with Gasteiger partial charge in [-0.3, -0.25) is 4.90 Å². The summed E-state index contributed by atoms with van der Waals surface area (Å²) in [6, 6.07) is 3.30. The minimum atomic E-state index is -0.221. The molecule has 124 valence electrons. The summed E-state index contributed by atoms with van der Waals surface area (Å²) in [7, 11) is 3.11. The smallest absolute Gasteiger partial charge is 0.163 e. The molecule has 0 aromatic heterocycles. The van der Waals surface area contributed by atoms with E-state index >= 15 is 0 Å². The molecule has 1 aromatic rings. The van der Waals surface area contributed by atoms with Crippen molar-refractivity contribution in [1.82, 2.24) is 10.2 Å². The number of rotatable bonds is 6. The summed E-state index contributed by atoms with van der Waals surface area (Å²) < 4.78 is 25.2. The number of halogens is 1. The van der Waals surface area contributed by atoms with Crippen molar-refractivity contribution >= 4 is 0 Å². The Kier molecular flexibility index (Phi) is 6.03. The van der Waals surface area contributed by atoms with Crippen molar-refractivity contribution in [1.29, 1.82) is 0 Å². The van der Waals surface area contributed by atoms with E-state index in [1.807, 2.05) is 0 Å². The number of benzene rings is 1. The van der Waals surface area contributed by atoms with Gasteiger partial charge in [0, 0.05) is 43.9 Å². The molecular weight excluding hydrogens is 283 g/mol. The number of methoxy groups -OCH3 is 2. The lowest BCUT2D eigenvalue weighted by atomic mass is 9.94. The first-order valence-electron chi connectivity index (χ1n) is 7.93. The van der Waals surface area contributed by atoms with Crippen molar-refractivity contribution in [2.45, 2.75) is 26.3 Å². The number of piperazine rings is 1. The quantitative estimate of drug-likeness (QED) is 0.876. The van der Waals surface area contributed by atoms with E-state index < -0.39 is 0 Å². The Bertz CT molecular complexity index is 488. The lowest BCUT2D eigenvalue weighted by molar-refractivity contribution is 0.150. The topological polar surface area (TPSA) is 33.7 Å². The second-order valence-corrected chi connectivity index (χ2v) is 6.16. The van der Waals surface area contributed by atoms with Crippen LogP contribution in [0.2, 0.25) is 0 Å². The molecule has 0 radical (unpaired) electrons. The molecule has 1 saturated heterocycles. The van der Waals surface area contributed by atoms with Crippen LogP contribution in [0.1, 0.15) is 31.9 Å². The monoisotopic (exact) mass is 310 g/mol. The largest absolute Gasteiger partial charge is 0.493 e. The number of hydrogen-bond acceptors (Lipinski definition) is 4. The van der Waals surface area contributed by atoms with Gasteiger partial charge in [0.05, 0.1) is 14.2 Å². The van der Waals surface area contributed by atoms with Gasteiger partial charge in [0.2, 0.25) is 0 Å². The molecule has 1 heterocycles. The maximum atomic E-state index is 14.6. The van der Waals surface area contributed by atoms with Gasteiger partial charge in [-0.15, -0.1) is 0 Å². The normalized spacial score (nSPS) is 17.5. The van der Waals surface area contributed by atoms with Crippen LogP contribution in [0.4, 0.5) is 4.39 Å². The van der Waals surface area contributed by atoms with Gasteiger partial charge < -0.3 is 14.8 Å². The maximum absolute atomic E-state index is 14.6. The molecule has 1 atom stereocenters. The summed E-state index contributed by atoms with van der Waals surface area (Å²) in [6.45, 7) is 8.12. The molecule has 5 heteroatoms. The zero-order chi connectivity index (χ0) is 16.1. The first-order valence-corrected chi connectivity index (χ1v) is 7.93. The molecule has 0 spiro atoms. The number of nitrogens with zero attached hydrogens (tertiary/aromatic N) is 1. The van der Waals surface area contributed by atoms with Crippen molar-refractivity contribution in [3.05, 3.63) is 23.5 Å². The highest BCUT2D eigenvalue weighted by molar-refractivity contribution is 5.44. The minimum absolute atomic E-state index is 0.0712. The van der Waals surface area contributed by atoms with Crippen molar-refractivity contribution in [2.24, 2.45) is 5.92 Å². The number of nitrogens with one attached hydrogen (secondary N) is 1. The van der Waals surface area contributed by atoms with Crippen LogP contribution >= 0.6 is 0 Å². The Labute approximate surface area is 132 Å². The van der Waals surface area contributed by atoms with Crippen LogP contribution in [0, 0.1) is 11.7 Å². The zero-order valence-electron chi connectivity index (χ0n) is 14.0. The van der Waals surface area contributed by atoms with Gasteiger partial charge in [-0.25, -0.2) is 4.39 Å². The molecule has 4 nitrogen and oxygen atoms in total. The predicted molar refractivity (Wildman–Crippen MR) is 86.1 cm³/mol. The van der Waals surface area contributed by atoms with E-state index in [0.717, 1.165) is 32.6 Å². The van der Waals surface area contributed by atoms with Crippen LogP contribution < -0.4 is 14.8 Å². The van der Waals surface area contributed by atoms with Crippen molar-refractivity contribution in [2.75, 3.05) is 40.4 Å². The molecule has 0 aliphatic carbocycles. The fourth-order valence-corrected chi connectivity index (χ4v) is 3.04. The standard InChI is InChI=1S/C17H27FN2O2/c1-12(2)9-15(20-7-5-19-6-8-20)13-10-16(21-3)17(22-4)11-14(13)18/h10-12,15,19H,5-9H2,1-4H3/t15-/m0/s1. The Balaban J connectivity index is 2.37. The third kappa shape index (κ3) is 3.90. The van der Waals surface area contributed by atoms with Gasteiger partial charge in [-0.2, -0.15) is 0 Å². The second-order valence-electron chi connectivity index (χ2n) is 6.16. The first kappa shape index (κ1) is 17.0. The molecule has 1 aliphatic rings. The van der Waals surface area contributed by atoms with Gasteiger partial charge in [0.1, 0.15) is 5.82 Å². The summed E-state index contributed by atoms with van der Waals surface area (Å²) >= 11 is 0. The van der Waals surface area contributed by atoms with E-state index in [0.29, 0.717) is 23.0 Å². The molecule has 0 unspecified atom stereocenters. The highest BCUT2D eigenvalue weighted by Gasteiger charge is 2.27. The van der Waals surface area contributed by atoms with Gasteiger partial charge in [-0.05, 0) is 18.4 Å². The average molecular weight is 310 g/mol. The SMILES string of the molecule is COc1cc(F)c([C@H](CC(C)C)N2CCNCC2)cc1OC. The lowest BCUT2D eigenvalue weighted by Crippen LogP contribution is -2.45. The van der Waals surface area contributed by atoms with E-state index in [-0.39, 0.29) is 11.9 Å². The Morgan fingerprint density at radius 3 is 2.27 bits per heavy atom.